The van der Waals surface area contributed by atoms with Gasteiger partial charge in [-0.3, -0.25) is 0 Å². The Morgan fingerprint density at radius 1 is 1.18 bits per heavy atom. The molecule has 1 aromatic carbocycles. The van der Waals surface area contributed by atoms with Crippen LogP contribution >= 0.6 is 0 Å². The summed E-state index contributed by atoms with van der Waals surface area (Å²) in [5.41, 5.74) is 3.11. The summed E-state index contributed by atoms with van der Waals surface area (Å²) < 4.78 is 34.6. The highest BCUT2D eigenvalue weighted by molar-refractivity contribution is 5.76. The molecule has 11 heteroatoms. The fourth-order valence-corrected chi connectivity index (χ4v) is 4.16. The van der Waals surface area contributed by atoms with Crippen molar-refractivity contribution in [1.29, 1.82) is 0 Å². The summed E-state index contributed by atoms with van der Waals surface area (Å²) in [6, 6.07) is 4.47. The zero-order chi connectivity index (χ0) is 22.6. The molecule has 1 saturated carbocycles. The third-order valence-electron chi connectivity index (χ3n) is 6.15. The van der Waals surface area contributed by atoms with Gasteiger partial charge >= 0.3 is 0 Å². The third kappa shape index (κ3) is 3.86. The maximum absolute atomic E-state index is 13.7. The van der Waals surface area contributed by atoms with Crippen LogP contribution in [0.5, 0.6) is 0 Å². The number of hydrogen-bond donors (Lipinski definition) is 2. The van der Waals surface area contributed by atoms with Crippen LogP contribution in [0.1, 0.15) is 42.6 Å². The van der Waals surface area contributed by atoms with Gasteiger partial charge in [0.05, 0.1) is 37.0 Å². The van der Waals surface area contributed by atoms with Gasteiger partial charge in [-0.15, -0.1) is 0 Å². The van der Waals surface area contributed by atoms with Gasteiger partial charge < -0.3 is 19.9 Å². The molecular formula is C22H24F2N8O. The predicted molar refractivity (Wildman–Crippen MR) is 119 cm³/mol. The number of benzene rings is 1. The molecule has 0 amide bonds. The van der Waals surface area contributed by atoms with Crippen molar-refractivity contribution in [2.45, 2.75) is 38.2 Å². The van der Waals surface area contributed by atoms with Gasteiger partial charge in [0.15, 0.2) is 5.65 Å². The summed E-state index contributed by atoms with van der Waals surface area (Å²) in [5, 5.41) is 7.84. The number of morpholine rings is 1. The Kier molecular flexibility index (Phi) is 4.68. The lowest BCUT2D eigenvalue weighted by Crippen LogP contribution is -2.37. The number of rotatable bonds is 6. The molecule has 172 valence electrons. The summed E-state index contributed by atoms with van der Waals surface area (Å²) in [6.45, 7) is 3.97. The number of nitrogens with zero attached hydrogens (tertiary/aromatic N) is 6. The molecule has 0 radical (unpaired) electrons. The van der Waals surface area contributed by atoms with Gasteiger partial charge in [-0.2, -0.15) is 19.6 Å². The zero-order valence-corrected chi connectivity index (χ0v) is 18.2. The highest BCUT2D eigenvalue weighted by Crippen LogP contribution is 2.42. The second kappa shape index (κ2) is 7.62. The van der Waals surface area contributed by atoms with Crippen LogP contribution in [0.2, 0.25) is 0 Å². The molecular weight excluding hydrogens is 430 g/mol. The lowest BCUT2D eigenvalue weighted by atomic mass is 10.1. The monoisotopic (exact) mass is 454 g/mol. The van der Waals surface area contributed by atoms with Crippen LogP contribution in [0.15, 0.2) is 24.4 Å². The fourth-order valence-electron chi connectivity index (χ4n) is 4.16. The van der Waals surface area contributed by atoms with Crippen LogP contribution in [0.4, 0.5) is 20.7 Å². The number of anilines is 2. The van der Waals surface area contributed by atoms with E-state index in [9.17, 15) is 8.78 Å². The van der Waals surface area contributed by atoms with Gasteiger partial charge in [-0.05, 0) is 30.9 Å². The Balaban J connectivity index is 1.31. The van der Waals surface area contributed by atoms with Crippen molar-refractivity contribution in [3.8, 4) is 0 Å². The molecule has 1 aliphatic carbocycles. The topological polar surface area (TPSA) is 96.3 Å². The average molecular weight is 454 g/mol. The number of hydrogen-bond acceptors (Lipinski definition) is 7. The number of halogens is 2. The summed E-state index contributed by atoms with van der Waals surface area (Å²) >= 11 is 0. The Hall–Kier alpha value is -3.34. The quantitative estimate of drug-likeness (QED) is 0.461. The van der Waals surface area contributed by atoms with E-state index in [1.807, 2.05) is 6.20 Å². The highest BCUT2D eigenvalue weighted by Gasteiger charge is 2.29. The van der Waals surface area contributed by atoms with Crippen LogP contribution in [0.25, 0.3) is 16.7 Å². The van der Waals surface area contributed by atoms with E-state index in [0.29, 0.717) is 54.4 Å². The molecule has 1 saturated heterocycles. The van der Waals surface area contributed by atoms with Crippen molar-refractivity contribution < 1.29 is 13.5 Å². The number of aromatic amines is 1. The van der Waals surface area contributed by atoms with Crippen LogP contribution in [0, 0.1) is 0 Å². The summed E-state index contributed by atoms with van der Waals surface area (Å²) in [6.07, 6.45) is 4.18. The van der Waals surface area contributed by atoms with Gasteiger partial charge in [-0.25, -0.2) is 13.8 Å². The standard InChI is InChI=1S/C22H24F2N8O/c1-22(23,24)14-4-5-16-17(10-14)28-18(27-16)12-25-20-30-21(31-6-8-33-9-7-31)29-19-15(13-2-3-13)11-26-32(19)20/h4-5,10-11,13H,2-3,6-9,12H2,1H3,(H,27,28)(H,25,29,30). The summed E-state index contributed by atoms with van der Waals surface area (Å²) in [7, 11) is 0. The Morgan fingerprint density at radius 3 is 2.76 bits per heavy atom. The minimum absolute atomic E-state index is 0.0576. The normalized spacial score (nSPS) is 17.2. The molecule has 0 bridgehead atoms. The number of fused-ring (bicyclic) bond motifs is 2. The van der Waals surface area contributed by atoms with Crippen molar-refractivity contribution in [2.24, 2.45) is 0 Å². The zero-order valence-electron chi connectivity index (χ0n) is 18.2. The van der Waals surface area contributed by atoms with Crippen LogP contribution < -0.4 is 10.2 Å². The first kappa shape index (κ1) is 20.3. The largest absolute Gasteiger partial charge is 0.378 e. The molecule has 6 rings (SSSR count). The van der Waals surface area contributed by atoms with E-state index in [1.165, 1.54) is 12.1 Å². The minimum atomic E-state index is -2.91. The second-order valence-electron chi connectivity index (χ2n) is 8.71. The SMILES string of the molecule is CC(F)(F)c1ccc2[nH]c(CNc3nc(N4CCOCC4)nc4c(C5CC5)cnn34)nc2c1. The van der Waals surface area contributed by atoms with Crippen LogP contribution in [-0.4, -0.2) is 55.9 Å². The van der Waals surface area contributed by atoms with Crippen molar-refractivity contribution >= 4 is 28.6 Å². The molecule has 0 atom stereocenters. The lowest BCUT2D eigenvalue weighted by Gasteiger charge is -2.27. The maximum atomic E-state index is 13.7. The summed E-state index contributed by atoms with van der Waals surface area (Å²) in [4.78, 5) is 19.4. The van der Waals surface area contributed by atoms with Gasteiger partial charge in [0.1, 0.15) is 5.82 Å². The number of aromatic nitrogens is 6. The molecule has 0 spiro atoms. The second-order valence-corrected chi connectivity index (χ2v) is 8.71. The van der Waals surface area contributed by atoms with E-state index in [4.69, 9.17) is 14.7 Å². The van der Waals surface area contributed by atoms with Crippen molar-refractivity contribution in [1.82, 2.24) is 29.5 Å². The number of imidazole rings is 1. The van der Waals surface area contributed by atoms with Crippen molar-refractivity contribution in [3.63, 3.8) is 0 Å². The van der Waals surface area contributed by atoms with Gasteiger partial charge in [0.2, 0.25) is 11.9 Å². The van der Waals surface area contributed by atoms with E-state index in [2.05, 4.69) is 25.3 Å². The Bertz CT molecular complexity index is 1320. The number of nitrogens with one attached hydrogen (secondary N) is 2. The number of ether oxygens (including phenoxy) is 1. The molecule has 0 unspecified atom stereocenters. The molecule has 2 N–H and O–H groups in total. The molecule has 4 heterocycles. The van der Waals surface area contributed by atoms with E-state index in [-0.39, 0.29) is 5.56 Å². The average Bonchev–Trinajstić information content (AvgIpc) is 3.42. The molecule has 33 heavy (non-hydrogen) atoms. The Labute approximate surface area is 188 Å². The molecule has 2 fully saturated rings. The van der Waals surface area contributed by atoms with Crippen LogP contribution in [0.3, 0.4) is 0 Å². The van der Waals surface area contributed by atoms with E-state index >= 15 is 0 Å². The first-order valence-electron chi connectivity index (χ1n) is 11.1. The van der Waals surface area contributed by atoms with Gasteiger partial charge in [0, 0.05) is 31.1 Å². The fraction of sp³-hybridized carbons (Fsp3) is 0.455. The Morgan fingerprint density at radius 2 is 2.00 bits per heavy atom. The first-order valence-corrected chi connectivity index (χ1v) is 11.1. The summed E-state index contributed by atoms with van der Waals surface area (Å²) in [5.74, 6) is -0.572. The maximum Gasteiger partial charge on any atom is 0.270 e. The van der Waals surface area contributed by atoms with E-state index in [1.54, 1.807) is 10.6 Å². The first-order chi connectivity index (χ1) is 16.0. The molecule has 1 aliphatic heterocycles. The smallest absolute Gasteiger partial charge is 0.270 e. The number of H-pyrrole nitrogens is 1. The number of alkyl halides is 2. The highest BCUT2D eigenvalue weighted by atomic mass is 19.3. The van der Waals surface area contributed by atoms with E-state index < -0.39 is 5.92 Å². The lowest BCUT2D eigenvalue weighted by molar-refractivity contribution is 0.0176. The van der Waals surface area contributed by atoms with E-state index in [0.717, 1.165) is 44.1 Å². The van der Waals surface area contributed by atoms with Gasteiger partial charge in [0.25, 0.3) is 5.92 Å². The van der Waals surface area contributed by atoms with Crippen molar-refractivity contribution in [2.75, 3.05) is 36.5 Å². The minimum Gasteiger partial charge on any atom is -0.378 e. The molecule has 4 aromatic rings. The van der Waals surface area contributed by atoms with Gasteiger partial charge in [-0.1, -0.05) is 6.07 Å². The molecule has 2 aliphatic rings. The predicted octanol–water partition coefficient (Wildman–Crippen LogP) is 3.44. The molecule has 9 nitrogen and oxygen atoms in total. The van der Waals surface area contributed by atoms with Crippen molar-refractivity contribution in [3.05, 3.63) is 41.3 Å². The molecule has 3 aromatic heterocycles. The third-order valence-corrected chi connectivity index (χ3v) is 6.15. The van der Waals surface area contributed by atoms with Crippen LogP contribution in [-0.2, 0) is 17.2 Å².